The number of para-hydroxylation sites is 1. The van der Waals surface area contributed by atoms with Gasteiger partial charge < -0.3 is 16.2 Å². The molecule has 0 unspecified atom stereocenters. The van der Waals surface area contributed by atoms with Crippen LogP contribution in [0.4, 0.5) is 5.69 Å². The molecule has 1 aromatic rings. The summed E-state index contributed by atoms with van der Waals surface area (Å²) >= 11 is 5.89. The lowest BCUT2D eigenvalue weighted by atomic mass is 9.98. The van der Waals surface area contributed by atoms with Crippen molar-refractivity contribution in [3.05, 3.63) is 28.8 Å². The predicted octanol–water partition coefficient (Wildman–Crippen LogP) is 1.96. The van der Waals surface area contributed by atoms with Gasteiger partial charge in [0.2, 0.25) is 0 Å². The Balaban J connectivity index is 2.19. The van der Waals surface area contributed by atoms with E-state index in [9.17, 15) is 9.90 Å². The van der Waals surface area contributed by atoms with E-state index < -0.39 is 5.54 Å². The first-order valence-corrected chi connectivity index (χ1v) is 6.43. The van der Waals surface area contributed by atoms with Crippen molar-refractivity contribution in [3.63, 3.8) is 0 Å². The molecule has 1 amide bonds. The molecule has 1 saturated carbocycles. The van der Waals surface area contributed by atoms with E-state index in [0.29, 0.717) is 10.6 Å². The van der Waals surface area contributed by atoms with Crippen LogP contribution in [-0.2, 0) is 0 Å². The second-order valence-electron chi connectivity index (χ2n) is 4.80. The Kier molecular flexibility index (Phi) is 3.78. The minimum absolute atomic E-state index is 0.0424. The molecule has 1 fully saturated rings. The van der Waals surface area contributed by atoms with Crippen molar-refractivity contribution in [3.8, 4) is 0 Å². The van der Waals surface area contributed by atoms with E-state index in [1.807, 2.05) is 0 Å². The zero-order valence-corrected chi connectivity index (χ0v) is 10.8. The molecule has 2 rings (SSSR count). The van der Waals surface area contributed by atoms with Gasteiger partial charge in [0.25, 0.3) is 5.91 Å². The van der Waals surface area contributed by atoms with Crippen molar-refractivity contribution < 1.29 is 9.90 Å². The molecule has 0 spiro atoms. The molecule has 0 saturated heterocycles. The fourth-order valence-electron chi connectivity index (χ4n) is 2.42. The van der Waals surface area contributed by atoms with Crippen molar-refractivity contribution in [1.82, 2.24) is 5.32 Å². The molecule has 0 radical (unpaired) electrons. The van der Waals surface area contributed by atoms with Gasteiger partial charge in [-0.3, -0.25) is 4.79 Å². The normalized spacial score (nSPS) is 17.7. The number of aliphatic hydroxyl groups is 1. The van der Waals surface area contributed by atoms with Crippen molar-refractivity contribution in [2.24, 2.45) is 0 Å². The van der Waals surface area contributed by atoms with Crippen LogP contribution in [0.3, 0.4) is 0 Å². The Morgan fingerprint density at radius 3 is 2.72 bits per heavy atom. The van der Waals surface area contributed by atoms with Crippen LogP contribution in [0.1, 0.15) is 36.0 Å². The Labute approximate surface area is 111 Å². The zero-order chi connectivity index (χ0) is 13.2. The summed E-state index contributed by atoms with van der Waals surface area (Å²) in [5, 5.41) is 12.7. The quantitative estimate of drug-likeness (QED) is 0.734. The number of rotatable bonds is 3. The van der Waals surface area contributed by atoms with Crippen molar-refractivity contribution in [2.75, 3.05) is 12.3 Å². The number of halogens is 1. The van der Waals surface area contributed by atoms with Gasteiger partial charge in [-0.15, -0.1) is 0 Å². The lowest BCUT2D eigenvalue weighted by Crippen LogP contribution is -2.49. The Morgan fingerprint density at radius 1 is 1.44 bits per heavy atom. The van der Waals surface area contributed by atoms with Gasteiger partial charge in [0.1, 0.15) is 0 Å². The number of anilines is 1. The molecule has 4 N–H and O–H groups in total. The largest absolute Gasteiger partial charge is 0.397 e. The maximum absolute atomic E-state index is 12.2. The van der Waals surface area contributed by atoms with Gasteiger partial charge in [-0.2, -0.15) is 0 Å². The standard InChI is InChI=1S/C13H17ClN2O2/c14-10-5-3-4-9(11(10)15)12(18)16-13(8-17)6-1-2-7-13/h3-5,17H,1-2,6-8,15H2,(H,16,18). The molecule has 0 heterocycles. The van der Waals surface area contributed by atoms with E-state index in [4.69, 9.17) is 17.3 Å². The van der Waals surface area contributed by atoms with E-state index in [1.165, 1.54) is 0 Å². The Hall–Kier alpha value is -1.26. The summed E-state index contributed by atoms with van der Waals surface area (Å²) in [6, 6.07) is 4.97. The topological polar surface area (TPSA) is 75.4 Å². The second kappa shape index (κ2) is 5.16. The van der Waals surface area contributed by atoms with E-state index in [2.05, 4.69) is 5.32 Å². The van der Waals surface area contributed by atoms with Crippen molar-refractivity contribution in [2.45, 2.75) is 31.2 Å². The van der Waals surface area contributed by atoms with Crippen molar-refractivity contribution >= 4 is 23.2 Å². The summed E-state index contributed by atoms with van der Waals surface area (Å²) < 4.78 is 0. The molecular formula is C13H17ClN2O2. The molecule has 5 heteroatoms. The summed E-state index contributed by atoms with van der Waals surface area (Å²) in [5.74, 6) is -0.272. The van der Waals surface area contributed by atoms with Crippen LogP contribution < -0.4 is 11.1 Å². The SMILES string of the molecule is Nc1c(Cl)cccc1C(=O)NC1(CO)CCCC1. The van der Waals surface area contributed by atoms with Gasteiger partial charge in [-0.25, -0.2) is 0 Å². The highest BCUT2D eigenvalue weighted by atomic mass is 35.5. The highest BCUT2D eigenvalue weighted by Gasteiger charge is 2.35. The van der Waals surface area contributed by atoms with E-state index in [0.717, 1.165) is 25.7 Å². The van der Waals surface area contributed by atoms with Gasteiger partial charge in [-0.1, -0.05) is 30.5 Å². The van der Waals surface area contributed by atoms with Crippen LogP contribution >= 0.6 is 11.6 Å². The Morgan fingerprint density at radius 2 is 2.11 bits per heavy atom. The lowest BCUT2D eigenvalue weighted by Gasteiger charge is -2.28. The smallest absolute Gasteiger partial charge is 0.253 e. The molecule has 0 aromatic heterocycles. The lowest BCUT2D eigenvalue weighted by molar-refractivity contribution is 0.0839. The van der Waals surface area contributed by atoms with Crippen molar-refractivity contribution in [1.29, 1.82) is 0 Å². The molecule has 4 nitrogen and oxygen atoms in total. The third-order valence-electron chi connectivity index (χ3n) is 3.54. The molecule has 1 aliphatic rings. The van der Waals surface area contributed by atoms with Crippen LogP contribution in [0.5, 0.6) is 0 Å². The first-order chi connectivity index (χ1) is 8.58. The van der Waals surface area contributed by atoms with Crippen LogP contribution in [-0.4, -0.2) is 23.2 Å². The summed E-state index contributed by atoms with van der Waals surface area (Å²) in [6.45, 7) is -0.0424. The molecule has 0 atom stereocenters. The van der Waals surface area contributed by atoms with Crippen LogP contribution in [0.25, 0.3) is 0 Å². The van der Waals surface area contributed by atoms with Crippen LogP contribution in [0.2, 0.25) is 5.02 Å². The molecular weight excluding hydrogens is 252 g/mol. The number of amides is 1. The predicted molar refractivity (Wildman–Crippen MR) is 71.6 cm³/mol. The average molecular weight is 269 g/mol. The van der Waals surface area contributed by atoms with E-state index in [-0.39, 0.29) is 18.2 Å². The Bertz CT molecular complexity index is 456. The summed E-state index contributed by atoms with van der Waals surface area (Å²) in [7, 11) is 0. The number of benzene rings is 1. The average Bonchev–Trinajstić information content (AvgIpc) is 2.81. The summed E-state index contributed by atoms with van der Waals surface area (Å²) in [5.41, 5.74) is 5.94. The number of hydrogen-bond acceptors (Lipinski definition) is 3. The van der Waals surface area contributed by atoms with Crippen LogP contribution in [0, 0.1) is 0 Å². The molecule has 0 aliphatic heterocycles. The molecule has 0 bridgehead atoms. The maximum Gasteiger partial charge on any atom is 0.253 e. The third kappa shape index (κ3) is 2.44. The maximum atomic E-state index is 12.2. The van der Waals surface area contributed by atoms with E-state index >= 15 is 0 Å². The first kappa shape index (κ1) is 13.2. The number of nitrogens with one attached hydrogen (secondary N) is 1. The minimum Gasteiger partial charge on any atom is -0.397 e. The van der Waals surface area contributed by atoms with Crippen LogP contribution in [0.15, 0.2) is 18.2 Å². The number of nitrogen functional groups attached to an aromatic ring is 1. The fourth-order valence-corrected chi connectivity index (χ4v) is 2.59. The number of carbonyl (C=O) groups excluding carboxylic acids is 1. The zero-order valence-electron chi connectivity index (χ0n) is 10.1. The molecule has 1 aromatic carbocycles. The molecule has 98 valence electrons. The molecule has 18 heavy (non-hydrogen) atoms. The third-order valence-corrected chi connectivity index (χ3v) is 3.87. The number of aliphatic hydroxyl groups excluding tert-OH is 1. The number of hydrogen-bond donors (Lipinski definition) is 3. The monoisotopic (exact) mass is 268 g/mol. The highest BCUT2D eigenvalue weighted by molar-refractivity contribution is 6.33. The number of nitrogens with two attached hydrogens (primary N) is 1. The van der Waals surface area contributed by atoms with E-state index in [1.54, 1.807) is 18.2 Å². The van der Waals surface area contributed by atoms with Gasteiger partial charge in [0.15, 0.2) is 0 Å². The highest BCUT2D eigenvalue weighted by Crippen LogP contribution is 2.30. The van der Waals surface area contributed by atoms with Gasteiger partial charge >= 0.3 is 0 Å². The van der Waals surface area contributed by atoms with Gasteiger partial charge in [0, 0.05) is 0 Å². The molecule has 1 aliphatic carbocycles. The van der Waals surface area contributed by atoms with Gasteiger partial charge in [0.05, 0.1) is 28.4 Å². The van der Waals surface area contributed by atoms with Gasteiger partial charge in [-0.05, 0) is 25.0 Å². The summed E-state index contributed by atoms with van der Waals surface area (Å²) in [6.07, 6.45) is 3.64. The summed E-state index contributed by atoms with van der Waals surface area (Å²) in [4.78, 5) is 12.2. The fraction of sp³-hybridized carbons (Fsp3) is 0.462. The number of carbonyl (C=O) groups is 1. The first-order valence-electron chi connectivity index (χ1n) is 6.05. The second-order valence-corrected chi connectivity index (χ2v) is 5.21. The minimum atomic E-state index is -0.494.